The molecule has 0 bridgehead atoms. The van der Waals surface area contributed by atoms with Gasteiger partial charge in [0.25, 0.3) is 5.91 Å². The summed E-state index contributed by atoms with van der Waals surface area (Å²) in [6.45, 7) is 3.99. The molecule has 128 valence electrons. The highest BCUT2D eigenvalue weighted by Crippen LogP contribution is 2.37. The molecule has 24 heavy (non-hydrogen) atoms. The van der Waals surface area contributed by atoms with Gasteiger partial charge in [-0.3, -0.25) is 4.79 Å². The van der Waals surface area contributed by atoms with Crippen molar-refractivity contribution in [2.45, 2.75) is 26.4 Å². The number of thiophene rings is 1. The van der Waals surface area contributed by atoms with E-state index in [-0.39, 0.29) is 12.0 Å². The molecule has 5 nitrogen and oxygen atoms in total. The van der Waals surface area contributed by atoms with Crippen LogP contribution in [0, 0.1) is 0 Å². The lowest BCUT2D eigenvalue weighted by Crippen LogP contribution is -2.16. The molecule has 7 heteroatoms. The summed E-state index contributed by atoms with van der Waals surface area (Å²) in [7, 11) is 1.55. The fourth-order valence-corrected chi connectivity index (χ4v) is 2.72. The van der Waals surface area contributed by atoms with E-state index in [0.717, 1.165) is 6.42 Å². The van der Waals surface area contributed by atoms with Crippen molar-refractivity contribution in [3.63, 3.8) is 0 Å². The largest absolute Gasteiger partial charge is 0.493 e. The molecule has 1 atom stereocenters. The summed E-state index contributed by atoms with van der Waals surface area (Å²) in [6, 6.07) is 7.01. The average Bonchev–Trinajstić information content (AvgIpc) is 3.11. The number of carbonyl (C=O) groups is 1. The summed E-state index contributed by atoms with van der Waals surface area (Å²) in [5, 5.41) is 6.21. The second-order valence-corrected chi connectivity index (χ2v) is 6.40. The number of rotatable bonds is 7. The Bertz CT molecular complexity index is 717. The first-order valence-corrected chi connectivity index (χ1v) is 8.72. The fraction of sp³-hybridized carbons (Fsp3) is 0.294. The number of nitrogens with one attached hydrogen (secondary N) is 1. The van der Waals surface area contributed by atoms with Gasteiger partial charge in [0.05, 0.1) is 29.3 Å². The molecule has 1 aromatic carbocycles. The zero-order chi connectivity index (χ0) is 17.5. The van der Waals surface area contributed by atoms with Crippen LogP contribution in [0.2, 0.25) is 5.02 Å². The number of ether oxygens (including phenoxy) is 2. The Hall–Kier alpha value is -2.05. The van der Waals surface area contributed by atoms with Crippen LogP contribution >= 0.6 is 22.9 Å². The first-order chi connectivity index (χ1) is 11.5. The lowest BCUT2D eigenvalue weighted by atomic mass is 10.2. The molecule has 1 amide bonds. The van der Waals surface area contributed by atoms with Crippen LogP contribution in [0.1, 0.15) is 35.5 Å². The van der Waals surface area contributed by atoms with Crippen LogP contribution in [0.5, 0.6) is 11.5 Å². The van der Waals surface area contributed by atoms with Gasteiger partial charge in [-0.1, -0.05) is 24.6 Å². The maximum Gasteiger partial charge on any atom is 0.281 e. The summed E-state index contributed by atoms with van der Waals surface area (Å²) in [5.41, 5.74) is 3.17. The number of hydrazone groups is 1. The number of halogens is 1. The van der Waals surface area contributed by atoms with Crippen molar-refractivity contribution < 1.29 is 14.3 Å². The summed E-state index contributed by atoms with van der Waals surface area (Å²) in [5.74, 6) is 0.776. The van der Waals surface area contributed by atoms with Crippen molar-refractivity contribution in [2.24, 2.45) is 5.10 Å². The first-order valence-electron chi connectivity index (χ1n) is 7.46. The maximum absolute atomic E-state index is 11.8. The first kappa shape index (κ1) is 18.3. The van der Waals surface area contributed by atoms with E-state index in [4.69, 9.17) is 21.1 Å². The molecule has 2 rings (SSSR count). The normalized spacial score (nSPS) is 12.2. The number of nitrogens with zero attached hydrogens (tertiary/aromatic N) is 1. The second-order valence-electron chi connectivity index (χ2n) is 5.05. The van der Waals surface area contributed by atoms with Gasteiger partial charge in [0.1, 0.15) is 0 Å². The van der Waals surface area contributed by atoms with Crippen molar-refractivity contribution >= 4 is 35.1 Å². The predicted octanol–water partition coefficient (Wildman–Crippen LogP) is 4.35. The zero-order valence-electron chi connectivity index (χ0n) is 13.7. The van der Waals surface area contributed by atoms with E-state index in [0.29, 0.717) is 27.0 Å². The Balaban J connectivity index is 2.12. The van der Waals surface area contributed by atoms with Crippen molar-refractivity contribution in [1.29, 1.82) is 0 Å². The summed E-state index contributed by atoms with van der Waals surface area (Å²) < 4.78 is 11.1. The van der Waals surface area contributed by atoms with Crippen LogP contribution in [0.15, 0.2) is 34.7 Å². The molecule has 0 aliphatic carbocycles. The van der Waals surface area contributed by atoms with Crippen LogP contribution < -0.4 is 14.9 Å². The van der Waals surface area contributed by atoms with E-state index in [2.05, 4.69) is 10.5 Å². The number of hydrogen-bond acceptors (Lipinski definition) is 5. The van der Waals surface area contributed by atoms with Crippen molar-refractivity contribution in [3.05, 3.63) is 45.1 Å². The molecule has 1 heterocycles. The average molecular weight is 367 g/mol. The molecular weight excluding hydrogens is 348 g/mol. The highest BCUT2D eigenvalue weighted by Gasteiger charge is 2.14. The Morgan fingerprint density at radius 1 is 1.50 bits per heavy atom. The van der Waals surface area contributed by atoms with Gasteiger partial charge >= 0.3 is 0 Å². The van der Waals surface area contributed by atoms with E-state index in [1.807, 2.05) is 25.3 Å². The minimum absolute atomic E-state index is 0.0287. The Labute approximate surface area is 150 Å². The van der Waals surface area contributed by atoms with Crippen LogP contribution in [-0.2, 0) is 0 Å². The van der Waals surface area contributed by atoms with E-state index in [1.165, 1.54) is 17.6 Å². The molecule has 0 saturated heterocycles. The van der Waals surface area contributed by atoms with Gasteiger partial charge in [-0.25, -0.2) is 5.43 Å². The standard InChI is InChI=1S/C17H19ClN2O3S/c1-4-11(2)23-16-13(18)8-12(9-14(16)22-3)10-19-20-17(21)15-6-5-7-24-15/h5-11H,4H2,1-3H3,(H,20,21)/b19-10+/t11-/m0/s1. The maximum atomic E-state index is 11.8. The van der Waals surface area contributed by atoms with Crippen LogP contribution in [-0.4, -0.2) is 25.3 Å². The summed E-state index contributed by atoms with van der Waals surface area (Å²) in [6.07, 6.45) is 2.39. The van der Waals surface area contributed by atoms with E-state index in [9.17, 15) is 4.79 Å². The second kappa shape index (κ2) is 8.70. The highest BCUT2D eigenvalue weighted by atomic mass is 35.5. The third-order valence-corrected chi connectivity index (χ3v) is 4.42. The molecule has 0 fully saturated rings. The smallest absolute Gasteiger partial charge is 0.281 e. The number of amides is 1. The van der Waals surface area contributed by atoms with Crippen molar-refractivity contribution in [2.75, 3.05) is 7.11 Å². The molecule has 1 N–H and O–H groups in total. The third kappa shape index (κ3) is 4.72. The Morgan fingerprint density at radius 2 is 2.29 bits per heavy atom. The molecule has 0 unspecified atom stereocenters. The summed E-state index contributed by atoms with van der Waals surface area (Å²) in [4.78, 5) is 12.4. The summed E-state index contributed by atoms with van der Waals surface area (Å²) >= 11 is 7.64. The van der Waals surface area contributed by atoms with Gasteiger partial charge in [0, 0.05) is 0 Å². The Kier molecular flexibility index (Phi) is 6.63. The molecule has 0 spiro atoms. The molecular formula is C17H19ClN2O3S. The predicted molar refractivity (Wildman–Crippen MR) is 97.8 cm³/mol. The third-order valence-electron chi connectivity index (χ3n) is 3.27. The minimum atomic E-state index is -0.254. The number of hydrogen-bond donors (Lipinski definition) is 1. The number of carbonyl (C=O) groups excluding carboxylic acids is 1. The van der Waals surface area contributed by atoms with Crippen LogP contribution in [0.4, 0.5) is 0 Å². The van der Waals surface area contributed by atoms with Gasteiger partial charge in [-0.2, -0.15) is 5.10 Å². The van der Waals surface area contributed by atoms with E-state index >= 15 is 0 Å². The monoisotopic (exact) mass is 366 g/mol. The van der Waals surface area contributed by atoms with Gasteiger partial charge in [-0.05, 0) is 42.5 Å². The van der Waals surface area contributed by atoms with Crippen molar-refractivity contribution in [1.82, 2.24) is 5.43 Å². The van der Waals surface area contributed by atoms with Crippen LogP contribution in [0.25, 0.3) is 0 Å². The molecule has 0 aliphatic rings. The number of benzene rings is 1. The Morgan fingerprint density at radius 3 is 2.92 bits per heavy atom. The lowest BCUT2D eigenvalue weighted by Gasteiger charge is -2.17. The number of methoxy groups -OCH3 is 1. The van der Waals surface area contributed by atoms with Crippen LogP contribution in [0.3, 0.4) is 0 Å². The lowest BCUT2D eigenvalue weighted by molar-refractivity contribution is 0.0959. The molecule has 0 aliphatic heterocycles. The highest BCUT2D eigenvalue weighted by molar-refractivity contribution is 7.12. The van der Waals surface area contributed by atoms with Gasteiger partial charge < -0.3 is 9.47 Å². The fourth-order valence-electron chi connectivity index (χ4n) is 1.84. The van der Waals surface area contributed by atoms with Gasteiger partial charge in [-0.15, -0.1) is 11.3 Å². The molecule has 1 aromatic heterocycles. The minimum Gasteiger partial charge on any atom is -0.493 e. The molecule has 0 radical (unpaired) electrons. The van der Waals surface area contributed by atoms with Crippen molar-refractivity contribution in [3.8, 4) is 11.5 Å². The molecule has 2 aromatic rings. The van der Waals surface area contributed by atoms with Gasteiger partial charge in [0.15, 0.2) is 11.5 Å². The van der Waals surface area contributed by atoms with E-state index in [1.54, 1.807) is 25.3 Å². The topological polar surface area (TPSA) is 59.9 Å². The quantitative estimate of drug-likeness (QED) is 0.585. The van der Waals surface area contributed by atoms with E-state index < -0.39 is 0 Å². The molecule has 0 saturated carbocycles. The zero-order valence-corrected chi connectivity index (χ0v) is 15.3. The SMILES string of the molecule is CC[C@H](C)Oc1c(Cl)cc(/C=N/NC(=O)c2cccs2)cc1OC. The van der Waals surface area contributed by atoms with Gasteiger partial charge in [0.2, 0.25) is 0 Å².